The van der Waals surface area contributed by atoms with Crippen LogP contribution in [-0.4, -0.2) is 60.0 Å². The van der Waals surface area contributed by atoms with Crippen molar-refractivity contribution in [3.8, 4) is 11.5 Å². The van der Waals surface area contributed by atoms with E-state index in [2.05, 4.69) is 0 Å². The number of amides is 4. The number of fused-ring (bicyclic) bond motifs is 2. The standard InChI is InChI=1S/C40H18Cl4N2O10/c1-55-25-7-13(3-5-15(25)39(51)52)45-35(47)17-9-21(41)29-31-23(43)11-19-28-20(38(50)46(37(19)49)14-4-6-16(40(53)54)26(8-14)56-2)12-24(44)32(34(28)31)30-22(42)10-18(36(45)48)27(17)33(29)30/h3-12H,1-2H3,(H,51,52)(H,53,54). The average Bonchev–Trinajstić information content (AvgIpc) is 3.16. The number of hydrogen-bond donors (Lipinski definition) is 2. The second kappa shape index (κ2) is 12.2. The number of anilines is 2. The molecule has 0 aliphatic carbocycles. The van der Waals surface area contributed by atoms with Gasteiger partial charge in [-0.15, -0.1) is 0 Å². The quantitative estimate of drug-likeness (QED) is 0.0936. The molecule has 2 heterocycles. The van der Waals surface area contributed by atoms with Crippen LogP contribution in [0.1, 0.15) is 62.1 Å². The van der Waals surface area contributed by atoms with Gasteiger partial charge in [0, 0.05) is 75.3 Å². The number of aromatic carboxylic acids is 2. The van der Waals surface area contributed by atoms with Gasteiger partial charge in [0.05, 0.1) is 47.8 Å². The molecule has 0 bridgehead atoms. The highest BCUT2D eigenvalue weighted by Crippen LogP contribution is 2.54. The minimum Gasteiger partial charge on any atom is -0.496 e. The summed E-state index contributed by atoms with van der Waals surface area (Å²) in [6, 6.07) is 13.1. The summed E-state index contributed by atoms with van der Waals surface area (Å²) in [5, 5.41) is 21.3. The molecule has 0 fully saturated rings. The van der Waals surface area contributed by atoms with Gasteiger partial charge in [-0.05, 0) is 48.5 Å². The average molecular weight is 828 g/mol. The minimum absolute atomic E-state index is 0.0218. The number of carbonyl (C=O) groups excluding carboxylic acids is 4. The zero-order valence-corrected chi connectivity index (χ0v) is 31.4. The third-order valence-corrected chi connectivity index (χ3v) is 11.4. The molecule has 2 N–H and O–H groups in total. The van der Waals surface area contributed by atoms with Crippen molar-refractivity contribution >= 4 is 136 Å². The summed E-state index contributed by atoms with van der Waals surface area (Å²) in [6.07, 6.45) is 0. The molecule has 9 rings (SSSR count). The van der Waals surface area contributed by atoms with Crippen LogP contribution in [0.15, 0.2) is 60.7 Å². The first kappa shape index (κ1) is 35.5. The van der Waals surface area contributed by atoms with E-state index in [9.17, 15) is 39.0 Å². The van der Waals surface area contributed by atoms with Crippen molar-refractivity contribution in [2.75, 3.05) is 24.0 Å². The van der Waals surface area contributed by atoms with Gasteiger partial charge in [0.2, 0.25) is 0 Å². The number of imide groups is 2. The van der Waals surface area contributed by atoms with E-state index in [0.717, 1.165) is 9.80 Å². The van der Waals surface area contributed by atoms with E-state index < -0.39 is 35.6 Å². The highest BCUT2D eigenvalue weighted by molar-refractivity contribution is 6.57. The van der Waals surface area contributed by atoms with Crippen molar-refractivity contribution < 1.29 is 48.5 Å². The second-order valence-corrected chi connectivity index (χ2v) is 14.5. The predicted octanol–water partition coefficient (Wildman–Crippen LogP) is 9.37. The second-order valence-electron chi connectivity index (χ2n) is 12.9. The zero-order valence-electron chi connectivity index (χ0n) is 28.3. The van der Waals surface area contributed by atoms with Gasteiger partial charge in [-0.3, -0.25) is 19.2 Å². The van der Waals surface area contributed by atoms with E-state index in [1.165, 1.54) is 74.9 Å². The molecule has 4 amide bonds. The van der Waals surface area contributed by atoms with Gasteiger partial charge >= 0.3 is 11.9 Å². The molecule has 7 aromatic rings. The first-order valence-corrected chi connectivity index (χ1v) is 17.8. The van der Waals surface area contributed by atoms with Gasteiger partial charge in [-0.2, -0.15) is 0 Å². The number of carbonyl (C=O) groups is 6. The van der Waals surface area contributed by atoms with Crippen molar-refractivity contribution in [2.45, 2.75) is 0 Å². The molecular formula is C40H18Cl4N2O10. The number of carboxylic acids is 2. The van der Waals surface area contributed by atoms with Crippen LogP contribution in [0, 0.1) is 0 Å². The summed E-state index contributed by atoms with van der Waals surface area (Å²) in [5.74, 6) is -5.80. The Morgan fingerprint density at radius 3 is 1.00 bits per heavy atom. The fourth-order valence-corrected chi connectivity index (χ4v) is 9.11. The summed E-state index contributed by atoms with van der Waals surface area (Å²) < 4.78 is 10.5. The van der Waals surface area contributed by atoms with Crippen LogP contribution in [0.2, 0.25) is 20.1 Å². The van der Waals surface area contributed by atoms with Gasteiger partial charge in [0.25, 0.3) is 23.6 Å². The summed E-state index contributed by atoms with van der Waals surface area (Å²) in [7, 11) is 2.51. The Morgan fingerprint density at radius 1 is 0.464 bits per heavy atom. The van der Waals surface area contributed by atoms with E-state index in [0.29, 0.717) is 0 Å². The Bertz CT molecular complexity index is 2770. The molecular weight excluding hydrogens is 810 g/mol. The maximum absolute atomic E-state index is 14.3. The lowest BCUT2D eigenvalue weighted by molar-refractivity contribution is 0.0682. The zero-order chi connectivity index (χ0) is 39.8. The van der Waals surface area contributed by atoms with E-state index in [1.807, 2.05) is 0 Å². The third kappa shape index (κ3) is 4.55. The molecule has 7 aromatic carbocycles. The number of ether oxygens (including phenoxy) is 2. The fraction of sp³-hybridized carbons (Fsp3) is 0.0500. The molecule has 12 nitrogen and oxygen atoms in total. The van der Waals surface area contributed by atoms with Crippen LogP contribution < -0.4 is 19.3 Å². The van der Waals surface area contributed by atoms with Gasteiger partial charge in [-0.1, -0.05) is 46.4 Å². The lowest BCUT2D eigenvalue weighted by Crippen LogP contribution is -2.40. The van der Waals surface area contributed by atoms with Crippen LogP contribution in [0.3, 0.4) is 0 Å². The fourth-order valence-electron chi connectivity index (χ4n) is 7.92. The van der Waals surface area contributed by atoms with E-state index in [1.54, 1.807) is 0 Å². The number of nitrogens with zero attached hydrogens (tertiary/aromatic N) is 2. The number of benzene rings is 7. The summed E-state index contributed by atoms with van der Waals surface area (Å²) in [5.41, 5.74) is -0.216. The first-order valence-electron chi connectivity index (χ1n) is 16.3. The van der Waals surface area contributed by atoms with Crippen molar-refractivity contribution in [2.24, 2.45) is 0 Å². The van der Waals surface area contributed by atoms with E-state index in [-0.39, 0.29) is 119 Å². The van der Waals surface area contributed by atoms with Crippen LogP contribution >= 0.6 is 46.4 Å². The Balaban J connectivity index is 1.32. The van der Waals surface area contributed by atoms with Crippen molar-refractivity contribution in [1.82, 2.24) is 0 Å². The molecule has 0 aromatic heterocycles. The smallest absolute Gasteiger partial charge is 0.339 e. The monoisotopic (exact) mass is 826 g/mol. The van der Waals surface area contributed by atoms with Gasteiger partial charge in [0.1, 0.15) is 22.6 Å². The van der Waals surface area contributed by atoms with Crippen LogP contribution in [0.25, 0.3) is 43.1 Å². The molecule has 0 atom stereocenters. The largest absolute Gasteiger partial charge is 0.496 e. The highest BCUT2D eigenvalue weighted by atomic mass is 35.5. The topological polar surface area (TPSA) is 168 Å². The SMILES string of the molecule is COc1cc(N2C(=O)c3cc(Cl)c4c5c(Cl)cc6c7c(cc(Cl)c(c8c(Cl)cc(c3c48)C2=O)c75)C(=O)N(c2ccc(C(=O)O)c(OC)c2)C6=O)ccc1C(=O)O. The lowest BCUT2D eigenvalue weighted by Gasteiger charge is -2.31. The molecule has 0 radical (unpaired) electrons. The molecule has 2 aliphatic rings. The van der Waals surface area contributed by atoms with Gasteiger partial charge < -0.3 is 19.7 Å². The molecule has 2 aliphatic heterocycles. The van der Waals surface area contributed by atoms with E-state index in [4.69, 9.17) is 55.9 Å². The molecule has 0 saturated heterocycles. The molecule has 0 spiro atoms. The minimum atomic E-state index is -1.27. The number of hydrogen-bond acceptors (Lipinski definition) is 8. The Labute approximate surface area is 333 Å². The molecule has 16 heteroatoms. The number of rotatable bonds is 6. The normalized spacial score (nSPS) is 13.9. The van der Waals surface area contributed by atoms with Gasteiger partial charge in [-0.25, -0.2) is 19.4 Å². The Hall–Kier alpha value is -6.18. The summed E-state index contributed by atoms with van der Waals surface area (Å²) >= 11 is 28.3. The lowest BCUT2D eigenvalue weighted by atomic mass is 9.82. The Kier molecular flexibility index (Phi) is 7.71. The highest BCUT2D eigenvalue weighted by Gasteiger charge is 2.41. The number of methoxy groups -OCH3 is 2. The molecule has 0 unspecified atom stereocenters. The molecule has 0 saturated carbocycles. The maximum atomic E-state index is 14.3. The van der Waals surface area contributed by atoms with Gasteiger partial charge in [0.15, 0.2) is 0 Å². The van der Waals surface area contributed by atoms with Crippen LogP contribution in [-0.2, 0) is 0 Å². The third-order valence-electron chi connectivity index (χ3n) is 10.2. The predicted molar refractivity (Wildman–Crippen MR) is 210 cm³/mol. The van der Waals surface area contributed by atoms with Crippen LogP contribution in [0.4, 0.5) is 11.4 Å². The molecule has 276 valence electrons. The molecule has 56 heavy (non-hydrogen) atoms. The number of halogens is 4. The van der Waals surface area contributed by atoms with Crippen molar-refractivity contribution in [3.05, 3.63) is 114 Å². The maximum Gasteiger partial charge on any atom is 0.339 e. The summed E-state index contributed by atoms with van der Waals surface area (Å²) in [6.45, 7) is 0. The van der Waals surface area contributed by atoms with Crippen LogP contribution in [0.5, 0.6) is 11.5 Å². The number of carboxylic acid groups (broad SMARTS) is 2. The van der Waals surface area contributed by atoms with Crippen molar-refractivity contribution in [3.63, 3.8) is 0 Å². The van der Waals surface area contributed by atoms with Crippen molar-refractivity contribution in [1.29, 1.82) is 0 Å². The summed E-state index contributed by atoms with van der Waals surface area (Å²) in [4.78, 5) is 82.4. The Morgan fingerprint density at radius 2 is 0.750 bits per heavy atom. The van der Waals surface area contributed by atoms with E-state index >= 15 is 0 Å². The first-order chi connectivity index (χ1) is 26.7.